The Morgan fingerprint density at radius 1 is 1.13 bits per heavy atom. The zero-order valence-corrected chi connectivity index (χ0v) is 14.3. The second-order valence-corrected chi connectivity index (χ2v) is 5.87. The summed E-state index contributed by atoms with van der Waals surface area (Å²) in [6, 6.07) is 12.3. The van der Waals surface area contributed by atoms with E-state index in [-0.39, 0.29) is 11.8 Å². The average Bonchev–Trinajstić information content (AvgIpc) is 2.55. The van der Waals surface area contributed by atoms with Gasteiger partial charge in [0.2, 0.25) is 0 Å². The average molecular weight is 373 g/mol. The molecule has 118 valence electrons. The van der Waals surface area contributed by atoms with Gasteiger partial charge in [-0.1, -0.05) is 18.2 Å². The fourth-order valence-corrected chi connectivity index (χ4v) is 2.58. The van der Waals surface area contributed by atoms with E-state index in [0.29, 0.717) is 23.4 Å². The Morgan fingerprint density at radius 2 is 1.83 bits per heavy atom. The molecule has 0 saturated carbocycles. The first kappa shape index (κ1) is 17.0. The number of aryl methyl sites for hydroxylation is 1. The molecule has 4 nitrogen and oxygen atoms in total. The van der Waals surface area contributed by atoms with Crippen molar-refractivity contribution in [3.05, 3.63) is 76.3 Å². The van der Waals surface area contributed by atoms with Crippen LogP contribution in [0.3, 0.4) is 0 Å². The van der Waals surface area contributed by atoms with Crippen LogP contribution in [0, 0.1) is 6.92 Å². The van der Waals surface area contributed by atoms with E-state index >= 15 is 0 Å². The Balaban J connectivity index is 2.16. The van der Waals surface area contributed by atoms with Gasteiger partial charge in [-0.2, -0.15) is 0 Å². The number of amides is 2. The number of anilines is 1. The van der Waals surface area contributed by atoms with Crippen molar-refractivity contribution >= 4 is 33.4 Å². The van der Waals surface area contributed by atoms with Crippen LogP contribution in [-0.4, -0.2) is 18.4 Å². The fraction of sp³-hybridized carbons (Fsp3) is 0.111. The van der Waals surface area contributed by atoms with E-state index in [2.05, 4.69) is 33.1 Å². The van der Waals surface area contributed by atoms with Gasteiger partial charge in [0, 0.05) is 22.1 Å². The molecule has 2 rings (SSSR count). The van der Waals surface area contributed by atoms with Crippen molar-refractivity contribution in [3.63, 3.8) is 0 Å². The number of hydrogen-bond acceptors (Lipinski definition) is 2. The number of carbonyl (C=O) groups excluding carboxylic acids is 2. The highest BCUT2D eigenvalue weighted by atomic mass is 79.9. The lowest BCUT2D eigenvalue weighted by molar-refractivity contribution is 0.0958. The van der Waals surface area contributed by atoms with Crippen molar-refractivity contribution in [1.82, 2.24) is 5.32 Å². The van der Waals surface area contributed by atoms with Gasteiger partial charge in [0.15, 0.2) is 0 Å². The van der Waals surface area contributed by atoms with Crippen LogP contribution in [0.4, 0.5) is 5.69 Å². The number of benzene rings is 2. The van der Waals surface area contributed by atoms with Crippen LogP contribution >= 0.6 is 15.9 Å². The van der Waals surface area contributed by atoms with Crippen molar-refractivity contribution in [1.29, 1.82) is 0 Å². The van der Waals surface area contributed by atoms with Crippen LogP contribution in [-0.2, 0) is 0 Å². The van der Waals surface area contributed by atoms with E-state index in [9.17, 15) is 9.59 Å². The molecule has 0 fully saturated rings. The minimum absolute atomic E-state index is 0.240. The normalized spacial score (nSPS) is 10.0. The molecule has 23 heavy (non-hydrogen) atoms. The van der Waals surface area contributed by atoms with Crippen molar-refractivity contribution < 1.29 is 9.59 Å². The molecule has 5 heteroatoms. The van der Waals surface area contributed by atoms with E-state index in [4.69, 9.17) is 0 Å². The predicted molar refractivity (Wildman–Crippen MR) is 95.8 cm³/mol. The van der Waals surface area contributed by atoms with E-state index in [1.165, 1.54) is 0 Å². The van der Waals surface area contributed by atoms with Crippen molar-refractivity contribution in [2.45, 2.75) is 6.92 Å². The van der Waals surface area contributed by atoms with Gasteiger partial charge in [-0.15, -0.1) is 6.58 Å². The molecule has 2 amide bonds. The smallest absolute Gasteiger partial charge is 0.255 e. The van der Waals surface area contributed by atoms with Gasteiger partial charge in [0.25, 0.3) is 11.8 Å². The lowest BCUT2D eigenvalue weighted by atomic mass is 10.1. The number of hydrogen-bond donors (Lipinski definition) is 2. The van der Waals surface area contributed by atoms with E-state index in [1.807, 2.05) is 25.1 Å². The van der Waals surface area contributed by atoms with Crippen LogP contribution in [0.15, 0.2) is 59.6 Å². The summed E-state index contributed by atoms with van der Waals surface area (Å²) in [5.41, 5.74) is 2.63. The van der Waals surface area contributed by atoms with Gasteiger partial charge in [0.05, 0.1) is 5.69 Å². The Labute approximate surface area is 143 Å². The maximum absolute atomic E-state index is 12.4. The largest absolute Gasteiger partial charge is 0.349 e. The summed E-state index contributed by atoms with van der Waals surface area (Å²) in [7, 11) is 0. The first-order chi connectivity index (χ1) is 11.0. The molecule has 0 radical (unpaired) electrons. The molecule has 2 aromatic rings. The fourth-order valence-electron chi connectivity index (χ4n) is 1.98. The Hall–Kier alpha value is -2.40. The van der Waals surface area contributed by atoms with Gasteiger partial charge in [-0.05, 0) is 58.7 Å². The molecule has 0 heterocycles. The zero-order chi connectivity index (χ0) is 16.8. The summed E-state index contributed by atoms with van der Waals surface area (Å²) >= 11 is 3.43. The minimum Gasteiger partial charge on any atom is -0.349 e. The highest BCUT2D eigenvalue weighted by Crippen LogP contribution is 2.24. The van der Waals surface area contributed by atoms with Gasteiger partial charge in [0.1, 0.15) is 0 Å². The lowest BCUT2D eigenvalue weighted by Crippen LogP contribution is -2.23. The Bertz CT molecular complexity index is 756. The summed E-state index contributed by atoms with van der Waals surface area (Å²) in [6.07, 6.45) is 1.60. The van der Waals surface area contributed by atoms with Crippen molar-refractivity contribution in [2.75, 3.05) is 11.9 Å². The molecule has 0 aromatic heterocycles. The molecule has 2 aromatic carbocycles. The summed E-state index contributed by atoms with van der Waals surface area (Å²) < 4.78 is 0.811. The summed E-state index contributed by atoms with van der Waals surface area (Å²) in [4.78, 5) is 24.3. The summed E-state index contributed by atoms with van der Waals surface area (Å²) in [5, 5.41) is 5.51. The quantitative estimate of drug-likeness (QED) is 0.781. The second kappa shape index (κ2) is 7.74. The molecular formula is C18H17BrN2O2. The maximum atomic E-state index is 12.4. The van der Waals surface area contributed by atoms with Gasteiger partial charge >= 0.3 is 0 Å². The van der Waals surface area contributed by atoms with E-state index in [1.54, 1.807) is 30.3 Å². The summed E-state index contributed by atoms with van der Waals surface area (Å²) in [5.74, 6) is -0.510. The first-order valence-electron chi connectivity index (χ1n) is 7.08. The molecule has 0 aliphatic rings. The molecule has 0 saturated heterocycles. The zero-order valence-electron chi connectivity index (χ0n) is 12.7. The lowest BCUT2D eigenvalue weighted by Gasteiger charge is -2.09. The number of carbonyl (C=O) groups is 2. The molecule has 0 aliphatic heterocycles. The topological polar surface area (TPSA) is 58.2 Å². The Morgan fingerprint density at radius 3 is 2.48 bits per heavy atom. The number of rotatable bonds is 5. The standard InChI is InChI=1S/C18H17BrN2O2/c1-3-9-20-17(22)13-5-4-6-14(11-13)18(23)21-16-8-7-12(2)10-15(16)19/h3-8,10-11H,1,9H2,2H3,(H,20,22)(H,21,23). The van der Waals surface area contributed by atoms with Crippen LogP contribution in [0.2, 0.25) is 0 Å². The molecule has 2 N–H and O–H groups in total. The van der Waals surface area contributed by atoms with Crippen LogP contribution < -0.4 is 10.6 Å². The highest BCUT2D eigenvalue weighted by molar-refractivity contribution is 9.10. The third kappa shape index (κ3) is 4.53. The molecule has 0 aliphatic carbocycles. The van der Waals surface area contributed by atoms with E-state index in [0.717, 1.165) is 10.0 Å². The maximum Gasteiger partial charge on any atom is 0.255 e. The highest BCUT2D eigenvalue weighted by Gasteiger charge is 2.11. The van der Waals surface area contributed by atoms with Crippen molar-refractivity contribution in [2.24, 2.45) is 0 Å². The predicted octanol–water partition coefficient (Wildman–Crippen LogP) is 3.93. The SMILES string of the molecule is C=CCNC(=O)c1cccc(C(=O)Nc2ccc(C)cc2Br)c1. The van der Waals surface area contributed by atoms with Crippen LogP contribution in [0.5, 0.6) is 0 Å². The monoisotopic (exact) mass is 372 g/mol. The van der Waals surface area contributed by atoms with Gasteiger partial charge < -0.3 is 10.6 Å². The molecule has 0 spiro atoms. The number of halogens is 1. The molecule has 0 bridgehead atoms. The third-order valence-electron chi connectivity index (χ3n) is 3.17. The summed E-state index contributed by atoms with van der Waals surface area (Å²) in [6.45, 7) is 5.90. The Kier molecular flexibility index (Phi) is 5.71. The van der Waals surface area contributed by atoms with Gasteiger partial charge in [-0.3, -0.25) is 9.59 Å². The van der Waals surface area contributed by atoms with Gasteiger partial charge in [-0.25, -0.2) is 0 Å². The first-order valence-corrected chi connectivity index (χ1v) is 7.87. The van der Waals surface area contributed by atoms with E-state index < -0.39 is 0 Å². The molecule has 0 atom stereocenters. The number of nitrogens with one attached hydrogen (secondary N) is 2. The minimum atomic E-state index is -0.270. The second-order valence-electron chi connectivity index (χ2n) is 5.02. The molecule has 0 unspecified atom stereocenters. The third-order valence-corrected chi connectivity index (χ3v) is 3.82. The molecular weight excluding hydrogens is 356 g/mol. The van der Waals surface area contributed by atoms with Crippen LogP contribution in [0.25, 0.3) is 0 Å². The van der Waals surface area contributed by atoms with Crippen LogP contribution in [0.1, 0.15) is 26.3 Å². The van der Waals surface area contributed by atoms with Crippen molar-refractivity contribution in [3.8, 4) is 0 Å².